The fourth-order valence-electron chi connectivity index (χ4n) is 4.62. The Balaban J connectivity index is 1.53. The normalized spacial score (nSPS) is 20.7. The second kappa shape index (κ2) is 8.39. The molecule has 0 radical (unpaired) electrons. The molecule has 2 aliphatic rings. The molecule has 7 nitrogen and oxygen atoms in total. The lowest BCUT2D eigenvalue weighted by Crippen LogP contribution is -2.29. The van der Waals surface area contributed by atoms with Gasteiger partial charge in [-0.05, 0) is 54.4 Å². The number of aliphatic hydroxyl groups excluding tert-OH is 1. The number of halogens is 2. The van der Waals surface area contributed by atoms with Gasteiger partial charge in [0.2, 0.25) is 0 Å². The standard InChI is InChI=1S/C26H17ClFN3O4S/c1-12-7-15-8-13(4-5-19(15)35-12)23(32)21-22(14-3-2-6-29-11-14)31(25(34)24(21)33)26-30-18-9-16(27)17(28)10-20(18)36-26/h2-6,8-12,22,32H,7H2,1H3/b23-21+. The molecule has 2 unspecified atom stereocenters. The molecule has 4 heterocycles. The number of Topliss-reactive ketones (excluding diaryl/α,β-unsaturated/α-hetero) is 1. The van der Waals surface area contributed by atoms with Crippen molar-refractivity contribution in [3.63, 3.8) is 0 Å². The summed E-state index contributed by atoms with van der Waals surface area (Å²) in [6.07, 6.45) is 3.77. The number of hydrogen-bond donors (Lipinski definition) is 1. The number of carbonyl (C=O) groups excluding carboxylic acids is 2. The van der Waals surface area contributed by atoms with Gasteiger partial charge in [-0.15, -0.1) is 0 Å². The van der Waals surface area contributed by atoms with Crippen molar-refractivity contribution in [2.45, 2.75) is 25.5 Å². The van der Waals surface area contributed by atoms with Gasteiger partial charge in [0, 0.05) is 24.4 Å². The third kappa shape index (κ3) is 3.54. The van der Waals surface area contributed by atoms with E-state index in [1.807, 2.05) is 6.92 Å². The van der Waals surface area contributed by atoms with Crippen molar-refractivity contribution in [2.24, 2.45) is 0 Å². The Bertz CT molecular complexity index is 1560. The molecule has 2 aromatic heterocycles. The zero-order valence-electron chi connectivity index (χ0n) is 18.7. The molecule has 6 rings (SSSR count). The maximum absolute atomic E-state index is 14.0. The fraction of sp³-hybridized carbons (Fsp3) is 0.154. The van der Waals surface area contributed by atoms with Crippen LogP contribution >= 0.6 is 22.9 Å². The molecular weight excluding hydrogens is 505 g/mol. The molecule has 1 N–H and O–H groups in total. The van der Waals surface area contributed by atoms with Crippen LogP contribution in [0.3, 0.4) is 0 Å². The van der Waals surface area contributed by atoms with Crippen LogP contribution < -0.4 is 9.64 Å². The molecule has 0 spiro atoms. The van der Waals surface area contributed by atoms with Crippen LogP contribution in [-0.2, 0) is 16.0 Å². The van der Waals surface area contributed by atoms with Crippen LogP contribution in [0.15, 0.2) is 60.4 Å². The average molecular weight is 522 g/mol. The van der Waals surface area contributed by atoms with Crippen molar-refractivity contribution >= 4 is 55.7 Å². The Kier molecular flexibility index (Phi) is 5.27. The topological polar surface area (TPSA) is 92.6 Å². The lowest BCUT2D eigenvalue weighted by atomic mass is 9.95. The molecule has 0 bridgehead atoms. The van der Waals surface area contributed by atoms with Gasteiger partial charge in [-0.3, -0.25) is 19.5 Å². The molecule has 2 atom stereocenters. The van der Waals surface area contributed by atoms with E-state index in [0.717, 1.165) is 22.6 Å². The first-order valence-corrected chi connectivity index (χ1v) is 12.3. The van der Waals surface area contributed by atoms with Crippen LogP contribution in [0.2, 0.25) is 5.02 Å². The number of anilines is 1. The Morgan fingerprint density at radius 1 is 1.25 bits per heavy atom. The molecule has 1 fully saturated rings. The summed E-state index contributed by atoms with van der Waals surface area (Å²) in [6, 6.07) is 10.2. The highest BCUT2D eigenvalue weighted by atomic mass is 35.5. The van der Waals surface area contributed by atoms with Gasteiger partial charge in [-0.1, -0.05) is 29.0 Å². The van der Waals surface area contributed by atoms with Gasteiger partial charge in [0.1, 0.15) is 23.4 Å². The van der Waals surface area contributed by atoms with Gasteiger partial charge < -0.3 is 9.84 Å². The zero-order chi connectivity index (χ0) is 25.1. The molecular formula is C26H17ClFN3O4S. The molecule has 180 valence electrons. The monoisotopic (exact) mass is 521 g/mol. The van der Waals surface area contributed by atoms with E-state index >= 15 is 0 Å². The number of carbonyl (C=O) groups is 2. The SMILES string of the molecule is CC1Cc2cc(/C(O)=C3\C(=O)C(=O)N(c4nc5cc(Cl)c(F)cc5s4)C3c3cccnc3)ccc2O1. The summed E-state index contributed by atoms with van der Waals surface area (Å²) in [5.74, 6) is -1.89. The van der Waals surface area contributed by atoms with Gasteiger partial charge in [0.15, 0.2) is 5.13 Å². The number of aromatic nitrogens is 2. The number of ketones is 1. The van der Waals surface area contributed by atoms with Gasteiger partial charge in [0.25, 0.3) is 5.78 Å². The van der Waals surface area contributed by atoms with E-state index in [2.05, 4.69) is 9.97 Å². The van der Waals surface area contributed by atoms with Crippen molar-refractivity contribution in [1.29, 1.82) is 0 Å². The number of aliphatic hydroxyl groups is 1. The maximum Gasteiger partial charge on any atom is 0.301 e. The number of benzene rings is 2. The summed E-state index contributed by atoms with van der Waals surface area (Å²) in [6.45, 7) is 1.95. The smallest absolute Gasteiger partial charge is 0.301 e. The number of pyridine rings is 1. The molecule has 4 aromatic rings. The maximum atomic E-state index is 14.0. The van der Waals surface area contributed by atoms with E-state index in [4.69, 9.17) is 16.3 Å². The van der Waals surface area contributed by atoms with Crippen molar-refractivity contribution in [3.8, 4) is 5.75 Å². The predicted molar refractivity (Wildman–Crippen MR) is 134 cm³/mol. The largest absolute Gasteiger partial charge is 0.507 e. The molecule has 0 aliphatic carbocycles. The third-order valence-corrected chi connectivity index (χ3v) is 7.55. The van der Waals surface area contributed by atoms with Crippen molar-refractivity contribution in [1.82, 2.24) is 9.97 Å². The van der Waals surface area contributed by atoms with E-state index in [0.29, 0.717) is 27.8 Å². The zero-order valence-corrected chi connectivity index (χ0v) is 20.3. The summed E-state index contributed by atoms with van der Waals surface area (Å²) in [4.78, 5) is 36.5. The van der Waals surface area contributed by atoms with Crippen LogP contribution in [0.4, 0.5) is 9.52 Å². The van der Waals surface area contributed by atoms with Gasteiger partial charge in [-0.2, -0.15) is 0 Å². The minimum atomic E-state index is -0.983. The minimum Gasteiger partial charge on any atom is -0.507 e. The van der Waals surface area contributed by atoms with Crippen LogP contribution in [-0.4, -0.2) is 32.9 Å². The summed E-state index contributed by atoms with van der Waals surface area (Å²) < 4.78 is 20.2. The molecule has 2 aromatic carbocycles. The molecule has 1 amide bonds. The third-order valence-electron chi connectivity index (χ3n) is 6.24. The van der Waals surface area contributed by atoms with Crippen LogP contribution in [0.5, 0.6) is 5.75 Å². The molecule has 0 saturated carbocycles. The lowest BCUT2D eigenvalue weighted by molar-refractivity contribution is -0.132. The van der Waals surface area contributed by atoms with Crippen LogP contribution in [0.1, 0.15) is 29.7 Å². The number of amides is 1. The molecule has 36 heavy (non-hydrogen) atoms. The second-order valence-corrected chi connectivity index (χ2v) is 10.1. The fourth-order valence-corrected chi connectivity index (χ4v) is 5.78. The van der Waals surface area contributed by atoms with Crippen LogP contribution in [0, 0.1) is 5.82 Å². The highest BCUT2D eigenvalue weighted by molar-refractivity contribution is 7.22. The number of nitrogens with zero attached hydrogens (tertiary/aromatic N) is 3. The summed E-state index contributed by atoms with van der Waals surface area (Å²) >= 11 is 6.96. The second-order valence-electron chi connectivity index (χ2n) is 8.64. The number of thiazole rings is 1. The van der Waals surface area contributed by atoms with Crippen LogP contribution in [0.25, 0.3) is 16.0 Å². The summed E-state index contributed by atoms with van der Waals surface area (Å²) in [5.41, 5.74) is 2.13. The number of rotatable bonds is 3. The van der Waals surface area contributed by atoms with Gasteiger partial charge >= 0.3 is 5.91 Å². The first-order chi connectivity index (χ1) is 17.3. The minimum absolute atomic E-state index is 0.00995. The van der Waals surface area contributed by atoms with E-state index in [1.54, 1.807) is 36.5 Å². The quantitative estimate of drug-likeness (QED) is 0.219. The molecule has 10 heteroatoms. The number of hydrogen-bond acceptors (Lipinski definition) is 7. The highest BCUT2D eigenvalue weighted by Gasteiger charge is 2.48. The lowest BCUT2D eigenvalue weighted by Gasteiger charge is -2.22. The van der Waals surface area contributed by atoms with E-state index in [9.17, 15) is 19.1 Å². The highest BCUT2D eigenvalue weighted by Crippen LogP contribution is 2.45. The Morgan fingerprint density at radius 2 is 2.08 bits per heavy atom. The molecule has 1 saturated heterocycles. The number of ether oxygens (including phenoxy) is 1. The Morgan fingerprint density at radius 3 is 2.86 bits per heavy atom. The van der Waals surface area contributed by atoms with Crippen molar-refractivity contribution in [3.05, 3.63) is 88.0 Å². The Hall–Kier alpha value is -3.82. The first-order valence-electron chi connectivity index (χ1n) is 11.1. The van der Waals surface area contributed by atoms with E-state index in [1.165, 1.54) is 23.2 Å². The number of fused-ring (bicyclic) bond motifs is 2. The van der Waals surface area contributed by atoms with E-state index < -0.39 is 23.5 Å². The van der Waals surface area contributed by atoms with E-state index in [-0.39, 0.29) is 27.6 Å². The Labute approximate surface area is 213 Å². The van der Waals surface area contributed by atoms with Gasteiger partial charge in [-0.25, -0.2) is 9.37 Å². The van der Waals surface area contributed by atoms with Gasteiger partial charge in [0.05, 0.1) is 26.9 Å². The van der Waals surface area contributed by atoms with Crippen molar-refractivity contribution in [2.75, 3.05) is 4.90 Å². The summed E-state index contributed by atoms with van der Waals surface area (Å²) in [7, 11) is 0. The summed E-state index contributed by atoms with van der Waals surface area (Å²) in [5, 5.41) is 11.4. The molecule has 2 aliphatic heterocycles. The van der Waals surface area contributed by atoms with Crippen molar-refractivity contribution < 1.29 is 23.8 Å². The predicted octanol–water partition coefficient (Wildman–Crippen LogP) is 5.43. The first kappa shape index (κ1) is 22.6. The average Bonchev–Trinajstić information content (AvgIpc) is 3.52.